The second-order valence-corrected chi connectivity index (χ2v) is 6.94. The van der Waals surface area contributed by atoms with Gasteiger partial charge in [-0.15, -0.1) is 24.0 Å². The number of guanidine groups is 1. The zero-order valence-electron chi connectivity index (χ0n) is 15.2. The van der Waals surface area contributed by atoms with Gasteiger partial charge >= 0.3 is 0 Å². The Morgan fingerprint density at radius 2 is 1.88 bits per heavy atom. The lowest BCUT2D eigenvalue weighted by Crippen LogP contribution is -2.35. The highest BCUT2D eigenvalue weighted by Gasteiger charge is 2.43. The van der Waals surface area contributed by atoms with E-state index in [0.717, 1.165) is 28.9 Å². The third-order valence-electron chi connectivity index (χ3n) is 5.31. The summed E-state index contributed by atoms with van der Waals surface area (Å²) in [5, 5.41) is 3.39. The molecule has 140 valence electrons. The van der Waals surface area contributed by atoms with Gasteiger partial charge in [0.15, 0.2) is 17.5 Å². The van der Waals surface area contributed by atoms with E-state index in [1.807, 2.05) is 18.2 Å². The molecule has 5 nitrogen and oxygen atoms in total. The van der Waals surface area contributed by atoms with Gasteiger partial charge < -0.3 is 20.5 Å². The summed E-state index contributed by atoms with van der Waals surface area (Å²) in [6, 6.07) is 6.35. The Morgan fingerprint density at radius 3 is 2.56 bits per heavy atom. The molecule has 2 fully saturated rings. The third-order valence-corrected chi connectivity index (χ3v) is 5.31. The maximum Gasteiger partial charge on any atom is 0.189 e. The van der Waals surface area contributed by atoms with E-state index in [4.69, 9.17) is 15.2 Å². The fraction of sp³-hybridized carbons (Fsp3) is 0.632. The minimum absolute atomic E-state index is 0. The largest absolute Gasteiger partial charge is 0.493 e. The number of ether oxygens (including phenoxy) is 2. The number of benzene rings is 1. The SMILES string of the molecule is COc1ccc(CN=C(N)NC2CC2C2CCCCC2)cc1OC.I. The predicted molar refractivity (Wildman–Crippen MR) is 112 cm³/mol. The molecule has 3 N–H and O–H groups in total. The maximum atomic E-state index is 6.06. The van der Waals surface area contributed by atoms with E-state index >= 15 is 0 Å². The molecule has 2 atom stereocenters. The van der Waals surface area contributed by atoms with E-state index in [1.54, 1.807) is 14.2 Å². The highest BCUT2D eigenvalue weighted by molar-refractivity contribution is 14.0. The standard InChI is InChI=1S/C19H29N3O2.HI/c1-23-17-9-8-13(10-18(17)24-2)12-21-19(20)22-16-11-15(16)14-6-4-3-5-7-14;/h8-10,14-16H,3-7,11-12H2,1-2H3,(H3,20,21,22);1H. The Labute approximate surface area is 167 Å². The van der Waals surface area contributed by atoms with Crippen LogP contribution >= 0.6 is 24.0 Å². The Morgan fingerprint density at radius 1 is 1.16 bits per heavy atom. The first-order valence-electron chi connectivity index (χ1n) is 8.98. The van der Waals surface area contributed by atoms with Crippen LogP contribution in [0.1, 0.15) is 44.1 Å². The van der Waals surface area contributed by atoms with Crippen molar-refractivity contribution in [3.8, 4) is 11.5 Å². The van der Waals surface area contributed by atoms with Crippen LogP contribution in [-0.2, 0) is 6.54 Å². The van der Waals surface area contributed by atoms with Gasteiger partial charge in [-0.05, 0) is 36.0 Å². The van der Waals surface area contributed by atoms with Crippen LogP contribution in [0.25, 0.3) is 0 Å². The van der Waals surface area contributed by atoms with Crippen LogP contribution in [0.3, 0.4) is 0 Å². The van der Waals surface area contributed by atoms with Gasteiger partial charge in [0, 0.05) is 6.04 Å². The molecule has 6 heteroatoms. The fourth-order valence-corrected chi connectivity index (χ4v) is 3.85. The van der Waals surface area contributed by atoms with Crippen LogP contribution in [0.5, 0.6) is 11.5 Å². The molecule has 25 heavy (non-hydrogen) atoms. The average Bonchev–Trinajstić information content (AvgIpc) is 3.39. The van der Waals surface area contributed by atoms with Gasteiger partial charge in [-0.3, -0.25) is 0 Å². The van der Waals surface area contributed by atoms with E-state index in [1.165, 1.54) is 38.5 Å². The number of methoxy groups -OCH3 is 2. The van der Waals surface area contributed by atoms with Crippen LogP contribution < -0.4 is 20.5 Å². The van der Waals surface area contributed by atoms with Crippen molar-refractivity contribution >= 4 is 29.9 Å². The molecular formula is C19H30IN3O2. The lowest BCUT2D eigenvalue weighted by atomic mass is 9.85. The molecule has 2 aliphatic carbocycles. The number of nitrogens with one attached hydrogen (secondary N) is 1. The van der Waals surface area contributed by atoms with Crippen molar-refractivity contribution in [1.29, 1.82) is 0 Å². The average molecular weight is 459 g/mol. The predicted octanol–water partition coefficient (Wildman–Crippen LogP) is 3.69. The van der Waals surface area contributed by atoms with Crippen molar-refractivity contribution in [1.82, 2.24) is 5.32 Å². The minimum atomic E-state index is 0. The Hall–Kier alpha value is -1.18. The van der Waals surface area contributed by atoms with Crippen molar-refractivity contribution in [3.63, 3.8) is 0 Å². The summed E-state index contributed by atoms with van der Waals surface area (Å²) in [6.45, 7) is 0.542. The van der Waals surface area contributed by atoms with Crippen LogP contribution in [0.2, 0.25) is 0 Å². The zero-order valence-corrected chi connectivity index (χ0v) is 17.5. The van der Waals surface area contributed by atoms with E-state index in [-0.39, 0.29) is 24.0 Å². The van der Waals surface area contributed by atoms with Crippen molar-refractivity contribution in [3.05, 3.63) is 23.8 Å². The van der Waals surface area contributed by atoms with Gasteiger partial charge in [0.1, 0.15) is 0 Å². The summed E-state index contributed by atoms with van der Waals surface area (Å²) < 4.78 is 10.6. The second kappa shape index (κ2) is 9.50. The number of nitrogens with two attached hydrogens (primary N) is 1. The second-order valence-electron chi connectivity index (χ2n) is 6.94. The molecule has 3 rings (SSSR count). The molecule has 2 aliphatic rings. The summed E-state index contributed by atoms with van der Waals surface area (Å²) in [6.07, 6.45) is 8.25. The third kappa shape index (κ3) is 5.39. The first-order valence-corrected chi connectivity index (χ1v) is 8.98. The van der Waals surface area contributed by atoms with E-state index in [0.29, 0.717) is 18.5 Å². The molecule has 1 aromatic rings. The van der Waals surface area contributed by atoms with Gasteiger partial charge in [-0.1, -0.05) is 38.2 Å². The molecule has 0 radical (unpaired) electrons. The first kappa shape index (κ1) is 20.1. The van der Waals surface area contributed by atoms with Gasteiger partial charge in [0.05, 0.1) is 20.8 Å². The number of aliphatic imine (C=N–C) groups is 1. The van der Waals surface area contributed by atoms with E-state index in [2.05, 4.69) is 10.3 Å². The Kier molecular flexibility index (Phi) is 7.65. The molecule has 0 heterocycles. The smallest absolute Gasteiger partial charge is 0.189 e. The molecule has 1 aromatic carbocycles. The highest BCUT2D eigenvalue weighted by Crippen LogP contribution is 2.44. The van der Waals surface area contributed by atoms with E-state index in [9.17, 15) is 0 Å². The summed E-state index contributed by atoms with van der Waals surface area (Å²) in [4.78, 5) is 4.47. The van der Waals surface area contributed by atoms with Crippen LogP contribution in [0.4, 0.5) is 0 Å². The quantitative estimate of drug-likeness (QED) is 0.387. The number of hydrogen-bond acceptors (Lipinski definition) is 3. The number of nitrogens with zero attached hydrogens (tertiary/aromatic N) is 1. The molecule has 0 saturated heterocycles. The minimum Gasteiger partial charge on any atom is -0.493 e. The van der Waals surface area contributed by atoms with Crippen molar-refractivity contribution < 1.29 is 9.47 Å². The van der Waals surface area contributed by atoms with Crippen LogP contribution in [0.15, 0.2) is 23.2 Å². The first-order chi connectivity index (χ1) is 11.7. The van der Waals surface area contributed by atoms with Crippen molar-refractivity contribution in [2.24, 2.45) is 22.6 Å². The monoisotopic (exact) mass is 459 g/mol. The molecular weight excluding hydrogens is 429 g/mol. The topological polar surface area (TPSA) is 68.9 Å². The fourth-order valence-electron chi connectivity index (χ4n) is 3.85. The Balaban J connectivity index is 0.00000225. The Bertz CT molecular complexity index is 588. The summed E-state index contributed by atoms with van der Waals surface area (Å²) in [5.74, 6) is 3.70. The van der Waals surface area contributed by atoms with Gasteiger partial charge in [0.25, 0.3) is 0 Å². The normalized spacial score (nSPS) is 23.5. The van der Waals surface area contributed by atoms with Gasteiger partial charge in [-0.25, -0.2) is 4.99 Å². The number of hydrogen-bond donors (Lipinski definition) is 2. The van der Waals surface area contributed by atoms with Crippen LogP contribution in [-0.4, -0.2) is 26.2 Å². The molecule has 0 aliphatic heterocycles. The van der Waals surface area contributed by atoms with Crippen LogP contribution in [0, 0.1) is 11.8 Å². The number of rotatable bonds is 6. The van der Waals surface area contributed by atoms with Crippen molar-refractivity contribution in [2.45, 2.75) is 51.1 Å². The maximum absolute atomic E-state index is 6.06. The molecule has 0 amide bonds. The van der Waals surface area contributed by atoms with Gasteiger partial charge in [0.2, 0.25) is 0 Å². The van der Waals surface area contributed by atoms with Gasteiger partial charge in [-0.2, -0.15) is 0 Å². The lowest BCUT2D eigenvalue weighted by molar-refractivity contribution is 0.316. The number of halogens is 1. The summed E-state index contributed by atoms with van der Waals surface area (Å²) in [5.41, 5.74) is 7.12. The highest BCUT2D eigenvalue weighted by atomic mass is 127. The van der Waals surface area contributed by atoms with E-state index < -0.39 is 0 Å². The molecule has 0 aromatic heterocycles. The molecule has 2 saturated carbocycles. The van der Waals surface area contributed by atoms with Crippen molar-refractivity contribution in [2.75, 3.05) is 14.2 Å². The lowest BCUT2D eigenvalue weighted by Gasteiger charge is -2.21. The molecule has 0 spiro atoms. The summed E-state index contributed by atoms with van der Waals surface area (Å²) in [7, 11) is 3.27. The summed E-state index contributed by atoms with van der Waals surface area (Å²) >= 11 is 0. The zero-order chi connectivity index (χ0) is 16.9. The molecule has 0 bridgehead atoms. The molecule has 2 unspecified atom stereocenters.